The van der Waals surface area contributed by atoms with Gasteiger partial charge in [0.1, 0.15) is 17.1 Å². The molecule has 1 aromatic rings. The van der Waals surface area contributed by atoms with E-state index in [1.54, 1.807) is 13.8 Å². The summed E-state index contributed by atoms with van der Waals surface area (Å²) < 4.78 is 23.9. The third-order valence-corrected chi connectivity index (χ3v) is 4.84. The maximum atomic E-state index is 14.1. The predicted molar refractivity (Wildman–Crippen MR) is 96.7 cm³/mol. The Morgan fingerprint density at radius 1 is 1.41 bits per heavy atom. The molecule has 1 atom stereocenters. The van der Waals surface area contributed by atoms with Crippen molar-refractivity contribution in [2.75, 3.05) is 27.3 Å². The number of amides is 1. The van der Waals surface area contributed by atoms with Crippen molar-refractivity contribution in [3.05, 3.63) is 29.6 Å². The average molecular weight is 382 g/mol. The van der Waals surface area contributed by atoms with E-state index in [-0.39, 0.29) is 19.5 Å². The van der Waals surface area contributed by atoms with Gasteiger partial charge in [-0.15, -0.1) is 0 Å². The van der Waals surface area contributed by atoms with Crippen LogP contribution in [0.15, 0.2) is 18.2 Å². The van der Waals surface area contributed by atoms with E-state index in [0.29, 0.717) is 24.3 Å². The minimum absolute atomic E-state index is 0.0323. The van der Waals surface area contributed by atoms with E-state index in [4.69, 9.17) is 9.47 Å². The van der Waals surface area contributed by atoms with Crippen LogP contribution in [0.3, 0.4) is 0 Å². The van der Waals surface area contributed by atoms with Gasteiger partial charge in [0.05, 0.1) is 14.2 Å². The molecule has 0 radical (unpaired) electrons. The Morgan fingerprint density at radius 3 is 2.74 bits per heavy atom. The fraction of sp³-hybridized carbons (Fsp3) is 0.579. The van der Waals surface area contributed by atoms with Crippen molar-refractivity contribution in [3.63, 3.8) is 0 Å². The van der Waals surface area contributed by atoms with Crippen molar-refractivity contribution in [1.29, 1.82) is 0 Å². The number of halogens is 1. The van der Waals surface area contributed by atoms with Crippen molar-refractivity contribution >= 4 is 11.9 Å². The highest BCUT2D eigenvalue weighted by molar-refractivity contribution is 5.86. The zero-order valence-electron chi connectivity index (χ0n) is 16.2. The zero-order valence-corrected chi connectivity index (χ0v) is 16.2. The van der Waals surface area contributed by atoms with Crippen molar-refractivity contribution in [1.82, 2.24) is 10.2 Å². The normalized spacial score (nSPS) is 20.5. The summed E-state index contributed by atoms with van der Waals surface area (Å²) in [7, 11) is 2.76. The van der Waals surface area contributed by atoms with Gasteiger partial charge in [-0.05, 0) is 44.9 Å². The number of likely N-dealkylation sites (tertiary alicyclic amines) is 1. The van der Waals surface area contributed by atoms with Gasteiger partial charge in [-0.2, -0.15) is 0 Å². The van der Waals surface area contributed by atoms with E-state index in [1.807, 2.05) is 0 Å². The second-order valence-electron chi connectivity index (χ2n) is 7.29. The number of methoxy groups -OCH3 is 2. The fourth-order valence-electron chi connectivity index (χ4n) is 3.08. The Morgan fingerprint density at radius 2 is 2.11 bits per heavy atom. The minimum atomic E-state index is -1.67. The smallest absolute Gasteiger partial charge is 0.325 e. The van der Waals surface area contributed by atoms with Crippen LogP contribution in [0.5, 0.6) is 5.75 Å². The maximum Gasteiger partial charge on any atom is 0.325 e. The lowest BCUT2D eigenvalue weighted by atomic mass is 9.90. The van der Waals surface area contributed by atoms with Gasteiger partial charge in [0, 0.05) is 25.2 Å². The van der Waals surface area contributed by atoms with E-state index < -0.39 is 28.8 Å². The molecule has 1 aromatic carbocycles. The first-order chi connectivity index (χ1) is 12.6. The maximum absolute atomic E-state index is 14.1. The lowest BCUT2D eigenvalue weighted by Gasteiger charge is -2.39. The van der Waals surface area contributed by atoms with Gasteiger partial charge < -0.3 is 19.5 Å². The molecule has 1 fully saturated rings. The summed E-state index contributed by atoms with van der Waals surface area (Å²) in [5.74, 6) is -0.941. The number of carbonyl (C=O) groups is 2. The number of esters is 1. The zero-order chi connectivity index (χ0) is 20.2. The van der Waals surface area contributed by atoms with Gasteiger partial charge in [0.25, 0.3) is 5.91 Å². The molecular weight excluding hydrogens is 355 g/mol. The van der Waals surface area contributed by atoms with Crippen molar-refractivity contribution in [2.24, 2.45) is 0 Å². The number of hydrogen-bond acceptors (Lipinski definition) is 6. The summed E-state index contributed by atoms with van der Waals surface area (Å²) in [5.41, 5.74) is -2.40. The molecule has 1 aliphatic rings. The van der Waals surface area contributed by atoms with E-state index in [0.717, 1.165) is 0 Å². The van der Waals surface area contributed by atoms with E-state index in [1.165, 1.54) is 37.3 Å². The second kappa shape index (κ2) is 8.22. The molecule has 0 aliphatic carbocycles. The van der Waals surface area contributed by atoms with E-state index >= 15 is 0 Å². The molecule has 1 heterocycles. The lowest BCUT2D eigenvalue weighted by Crippen LogP contribution is -2.61. The largest absolute Gasteiger partial charge is 0.497 e. The van der Waals surface area contributed by atoms with Gasteiger partial charge in [-0.25, -0.2) is 4.39 Å². The molecule has 2 rings (SSSR count). The highest BCUT2D eigenvalue weighted by Gasteiger charge is 2.44. The second-order valence-corrected chi connectivity index (χ2v) is 7.29. The number of ether oxygens (including phenoxy) is 2. The molecule has 1 amide bonds. The van der Waals surface area contributed by atoms with E-state index in [2.05, 4.69) is 5.32 Å². The van der Waals surface area contributed by atoms with Crippen LogP contribution >= 0.6 is 0 Å². The van der Waals surface area contributed by atoms with Crippen molar-refractivity contribution in [3.8, 4) is 5.75 Å². The van der Waals surface area contributed by atoms with E-state index in [9.17, 15) is 19.1 Å². The number of nitrogens with one attached hydrogen (secondary N) is 1. The predicted octanol–water partition coefficient (Wildman–Crippen LogP) is 1.23. The Bertz CT molecular complexity index is 709. The van der Waals surface area contributed by atoms with Crippen LogP contribution in [0.4, 0.5) is 4.39 Å². The number of piperidine rings is 1. The quantitative estimate of drug-likeness (QED) is 0.690. The fourth-order valence-corrected chi connectivity index (χ4v) is 3.08. The number of rotatable bonds is 7. The highest BCUT2D eigenvalue weighted by atomic mass is 19.1. The van der Waals surface area contributed by atoms with Gasteiger partial charge in [0.15, 0.2) is 5.60 Å². The Labute approximate surface area is 158 Å². The van der Waals surface area contributed by atoms with Crippen LogP contribution in [-0.2, 0) is 20.9 Å². The highest BCUT2D eigenvalue weighted by Crippen LogP contribution is 2.26. The van der Waals surface area contributed by atoms with Gasteiger partial charge in [0.2, 0.25) is 0 Å². The summed E-state index contributed by atoms with van der Waals surface area (Å²) in [4.78, 5) is 26.0. The molecule has 0 bridgehead atoms. The number of β-amino-alcohol motifs (C(OH)–C–C–N with tert-alkyl or cyclic N) is 1. The molecule has 8 heteroatoms. The summed E-state index contributed by atoms with van der Waals surface area (Å²) in [6.45, 7) is 3.56. The monoisotopic (exact) mass is 382 g/mol. The van der Waals surface area contributed by atoms with Crippen LogP contribution in [0.2, 0.25) is 0 Å². The molecular formula is C19H27FN2O5. The number of benzene rings is 1. The molecule has 27 heavy (non-hydrogen) atoms. The minimum Gasteiger partial charge on any atom is -0.497 e. The molecule has 0 aromatic heterocycles. The van der Waals surface area contributed by atoms with Crippen molar-refractivity contribution < 1.29 is 28.6 Å². The molecule has 7 nitrogen and oxygen atoms in total. The molecule has 1 aliphatic heterocycles. The molecule has 0 saturated carbocycles. The van der Waals surface area contributed by atoms with Crippen LogP contribution in [-0.4, -0.2) is 60.3 Å². The standard InChI is InChI=1S/C19H27FN2O5/c1-18(2,17(24)27-4)21-12-19(25)8-5-9-22(16(19)23)11-13-10-14(26-3)6-7-15(13)20/h6-7,10,21,25H,5,8-9,11-12H2,1-4H3/t19-/m0/s1. The van der Waals surface area contributed by atoms with Crippen LogP contribution in [0.1, 0.15) is 32.3 Å². The molecule has 150 valence electrons. The third kappa shape index (κ3) is 4.75. The first-order valence-electron chi connectivity index (χ1n) is 8.80. The number of carbonyl (C=O) groups excluding carboxylic acids is 2. The number of hydrogen-bond donors (Lipinski definition) is 2. The SMILES string of the molecule is COC(=O)C(C)(C)NC[C@@]1(O)CCCN(Cc2cc(OC)ccc2F)C1=O. The van der Waals surface area contributed by atoms with Gasteiger partial charge in [-0.1, -0.05) is 0 Å². The van der Waals surface area contributed by atoms with Gasteiger partial charge in [-0.3, -0.25) is 14.9 Å². The number of aliphatic hydroxyl groups is 1. The average Bonchev–Trinajstić information content (AvgIpc) is 2.65. The number of nitrogens with zero attached hydrogens (tertiary/aromatic N) is 1. The summed E-state index contributed by atoms with van der Waals surface area (Å²) in [6, 6.07) is 4.33. The van der Waals surface area contributed by atoms with Crippen LogP contribution in [0.25, 0.3) is 0 Å². The topological polar surface area (TPSA) is 88.1 Å². The Hall–Kier alpha value is -2.19. The summed E-state index contributed by atoms with van der Waals surface area (Å²) in [6.07, 6.45) is 0.821. The van der Waals surface area contributed by atoms with Crippen molar-refractivity contribution in [2.45, 2.75) is 44.4 Å². The van der Waals surface area contributed by atoms with Crippen LogP contribution in [0, 0.1) is 5.82 Å². The lowest BCUT2D eigenvalue weighted by molar-refractivity contribution is -0.159. The molecule has 1 saturated heterocycles. The Kier molecular flexibility index (Phi) is 6.43. The molecule has 2 N–H and O–H groups in total. The first-order valence-corrected chi connectivity index (χ1v) is 8.80. The Balaban J connectivity index is 2.11. The molecule has 0 spiro atoms. The first kappa shape index (κ1) is 21.1. The molecule has 0 unspecified atom stereocenters. The van der Waals surface area contributed by atoms with Gasteiger partial charge >= 0.3 is 5.97 Å². The third-order valence-electron chi connectivity index (χ3n) is 4.84. The summed E-state index contributed by atoms with van der Waals surface area (Å²) >= 11 is 0. The van der Waals surface area contributed by atoms with Crippen LogP contribution < -0.4 is 10.1 Å². The summed E-state index contributed by atoms with van der Waals surface area (Å²) in [5, 5.41) is 13.8.